The van der Waals surface area contributed by atoms with Gasteiger partial charge in [0.05, 0.1) is 28.5 Å². The molecule has 0 radical (unpaired) electrons. The van der Waals surface area contributed by atoms with Crippen molar-refractivity contribution in [3.8, 4) is 0 Å². The van der Waals surface area contributed by atoms with Gasteiger partial charge in [0.1, 0.15) is 17.5 Å². The van der Waals surface area contributed by atoms with E-state index in [0.717, 1.165) is 32.1 Å². The molecule has 218 valence electrons. The van der Waals surface area contributed by atoms with Gasteiger partial charge in [-0.1, -0.05) is 25.1 Å². The molecule has 2 amide bonds. The highest BCUT2D eigenvalue weighted by atomic mass is 32.2. The number of ether oxygens (including phenoxy) is 3. The van der Waals surface area contributed by atoms with E-state index in [4.69, 9.17) is 14.2 Å². The van der Waals surface area contributed by atoms with Crippen LogP contribution in [0.1, 0.15) is 68.2 Å². The predicted molar refractivity (Wildman–Crippen MR) is 149 cm³/mol. The van der Waals surface area contributed by atoms with Crippen LogP contribution in [0.2, 0.25) is 0 Å². The average molecular weight is 594 g/mol. The molecule has 0 bridgehead atoms. The lowest BCUT2D eigenvalue weighted by Gasteiger charge is -2.46. The van der Waals surface area contributed by atoms with E-state index in [0.29, 0.717) is 15.5 Å². The van der Waals surface area contributed by atoms with Gasteiger partial charge in [-0.05, 0) is 44.1 Å². The Balaban J connectivity index is 1.50. The monoisotopic (exact) mass is 593 g/mol. The fraction of sp³-hybridized carbons (Fsp3) is 0.593. The molecule has 1 saturated carbocycles. The first-order valence-corrected chi connectivity index (χ1v) is 15.1. The summed E-state index contributed by atoms with van der Waals surface area (Å²) in [5, 5.41) is 11.9. The number of aliphatic hydroxyl groups is 1. The van der Waals surface area contributed by atoms with Gasteiger partial charge < -0.3 is 29.1 Å². The van der Waals surface area contributed by atoms with E-state index in [1.165, 1.54) is 39.8 Å². The van der Waals surface area contributed by atoms with Crippen molar-refractivity contribution in [1.29, 1.82) is 0 Å². The van der Waals surface area contributed by atoms with Crippen LogP contribution in [0.15, 0.2) is 21.5 Å². The molecule has 2 aliphatic heterocycles. The Morgan fingerprint density at radius 1 is 1.20 bits per heavy atom. The van der Waals surface area contributed by atoms with Gasteiger partial charge in [-0.3, -0.25) is 9.59 Å². The number of thiazole rings is 1. The summed E-state index contributed by atoms with van der Waals surface area (Å²) in [7, 11) is 3.29. The minimum absolute atomic E-state index is 0.0547. The number of β-lactam (4-membered cyclic amide) rings is 1. The van der Waals surface area contributed by atoms with Crippen LogP contribution in [0.5, 0.6) is 0 Å². The van der Waals surface area contributed by atoms with E-state index >= 15 is 0 Å². The number of rotatable bonds is 9. The Morgan fingerprint density at radius 3 is 2.55 bits per heavy atom. The van der Waals surface area contributed by atoms with Gasteiger partial charge in [0.25, 0.3) is 5.91 Å². The molecule has 0 spiro atoms. The second-order valence-corrected chi connectivity index (χ2v) is 12.2. The van der Waals surface area contributed by atoms with Crippen molar-refractivity contribution in [3.63, 3.8) is 0 Å². The van der Waals surface area contributed by atoms with Gasteiger partial charge in [0.2, 0.25) is 12.2 Å². The van der Waals surface area contributed by atoms with Crippen LogP contribution in [0.3, 0.4) is 0 Å². The predicted octanol–water partition coefficient (Wildman–Crippen LogP) is 3.99. The molecule has 1 unspecified atom stereocenters. The number of esters is 1. The second kappa shape index (κ2) is 12.7. The van der Waals surface area contributed by atoms with Crippen LogP contribution in [0, 0.1) is 11.8 Å². The number of thioether (sulfide) groups is 1. The van der Waals surface area contributed by atoms with Crippen LogP contribution in [-0.2, 0) is 23.8 Å². The van der Waals surface area contributed by atoms with Gasteiger partial charge in [-0.15, -0.1) is 11.3 Å². The number of hydrogen-bond acceptors (Lipinski definition) is 11. The maximum atomic E-state index is 13.3. The molecule has 3 heterocycles. The van der Waals surface area contributed by atoms with Gasteiger partial charge in [0, 0.05) is 31.8 Å². The molecule has 1 aromatic heterocycles. The summed E-state index contributed by atoms with van der Waals surface area (Å²) < 4.78 is 15.9. The molecule has 5 atom stereocenters. The lowest BCUT2D eigenvalue weighted by atomic mass is 9.79. The van der Waals surface area contributed by atoms with Crippen molar-refractivity contribution in [3.05, 3.63) is 32.1 Å². The minimum atomic E-state index is -1.24. The highest BCUT2D eigenvalue weighted by Crippen LogP contribution is 2.51. The fourth-order valence-corrected chi connectivity index (χ4v) is 7.05. The van der Waals surface area contributed by atoms with E-state index in [9.17, 15) is 24.3 Å². The zero-order valence-corrected chi connectivity index (χ0v) is 24.8. The third kappa shape index (κ3) is 6.21. The second-order valence-electron chi connectivity index (χ2n) is 10.4. The van der Waals surface area contributed by atoms with Gasteiger partial charge in [-0.2, -0.15) is 0 Å². The average Bonchev–Trinajstić information content (AvgIpc) is 3.44. The number of hydrogen-bond donors (Lipinski definition) is 1. The van der Waals surface area contributed by atoms with Crippen molar-refractivity contribution in [2.24, 2.45) is 11.8 Å². The normalized spacial score (nSPS) is 24.4. The third-order valence-corrected chi connectivity index (χ3v) is 9.16. The standard InChI is InChI=1S/C27H35N3O8S2/c1-14-21-19(15(2)31)24(32)30(21)22(23(14)39-12-11-18-20(28-13-40-18)25(33)29(4)5)26(34)36-16(3)37-27(35)38-17-9-7-6-8-10-17/h11-17,19,21,31H,6-10H2,1-5H3/t14-,15-,16?,19-,21-/m1/s1. The molecular weight excluding hydrogens is 558 g/mol. The Hall–Kier alpha value is -2.90. The molecule has 1 aromatic rings. The first-order chi connectivity index (χ1) is 19.0. The molecule has 1 N–H and O–H groups in total. The maximum Gasteiger partial charge on any atom is 0.511 e. The van der Waals surface area contributed by atoms with E-state index in [1.54, 1.807) is 38.0 Å². The molecule has 0 aromatic carbocycles. The quantitative estimate of drug-likeness (QED) is 0.254. The largest absolute Gasteiger partial charge is 0.511 e. The topological polar surface area (TPSA) is 136 Å². The summed E-state index contributed by atoms with van der Waals surface area (Å²) in [6, 6.07) is -0.410. The van der Waals surface area contributed by atoms with Gasteiger partial charge in [-0.25, -0.2) is 14.6 Å². The Bertz CT molecular complexity index is 1200. The molecule has 1 saturated heterocycles. The van der Waals surface area contributed by atoms with Crippen molar-refractivity contribution in [2.75, 3.05) is 14.1 Å². The summed E-state index contributed by atoms with van der Waals surface area (Å²) in [5.74, 6) is -2.34. The Kier molecular flexibility index (Phi) is 9.57. The highest BCUT2D eigenvalue weighted by Gasteiger charge is 2.60. The fourth-order valence-electron chi connectivity index (χ4n) is 5.30. The summed E-state index contributed by atoms with van der Waals surface area (Å²) in [4.78, 5) is 59.1. The first-order valence-electron chi connectivity index (χ1n) is 13.3. The molecule has 4 rings (SSSR count). The number of nitrogens with zero attached hydrogens (tertiary/aromatic N) is 3. The lowest BCUT2D eigenvalue weighted by Crippen LogP contribution is -2.63. The molecule has 13 heteroatoms. The molecule has 11 nitrogen and oxygen atoms in total. The zero-order chi connectivity index (χ0) is 29.1. The van der Waals surface area contributed by atoms with Crippen LogP contribution < -0.4 is 0 Å². The lowest BCUT2D eigenvalue weighted by molar-refractivity contribution is -0.174. The number of aliphatic hydroxyl groups excluding tert-OH is 1. The Morgan fingerprint density at radius 2 is 1.90 bits per heavy atom. The highest BCUT2D eigenvalue weighted by molar-refractivity contribution is 8.06. The Labute approximate surface area is 241 Å². The smallest absolute Gasteiger partial charge is 0.431 e. The summed E-state index contributed by atoms with van der Waals surface area (Å²) in [5.41, 5.74) is 1.96. The minimum Gasteiger partial charge on any atom is -0.431 e. The van der Waals surface area contributed by atoms with Crippen molar-refractivity contribution in [1.82, 2.24) is 14.8 Å². The van der Waals surface area contributed by atoms with E-state index in [-0.39, 0.29) is 29.5 Å². The van der Waals surface area contributed by atoms with Crippen LogP contribution in [-0.4, -0.2) is 82.5 Å². The number of amides is 2. The summed E-state index contributed by atoms with van der Waals surface area (Å²) >= 11 is 2.53. The zero-order valence-electron chi connectivity index (χ0n) is 23.2. The van der Waals surface area contributed by atoms with Gasteiger partial charge in [0.15, 0.2) is 0 Å². The number of carbonyl (C=O) groups is 4. The SMILES string of the molecule is CC(OC(=O)OC1CCCCC1)OC(=O)C1=C(SC=Cc2scnc2C(=O)N(C)C)[C@H](C)[C@@H]2[C@@H]([C@@H](C)O)C(=O)N12. The summed E-state index contributed by atoms with van der Waals surface area (Å²) in [6.07, 6.45) is 3.12. The van der Waals surface area contributed by atoms with Crippen LogP contribution in [0.4, 0.5) is 4.79 Å². The summed E-state index contributed by atoms with van der Waals surface area (Å²) in [6.45, 7) is 4.84. The molecule has 40 heavy (non-hydrogen) atoms. The van der Waals surface area contributed by atoms with E-state index in [2.05, 4.69) is 4.98 Å². The van der Waals surface area contributed by atoms with Crippen molar-refractivity contribution in [2.45, 2.75) is 77.4 Å². The van der Waals surface area contributed by atoms with E-state index < -0.39 is 36.5 Å². The van der Waals surface area contributed by atoms with Crippen molar-refractivity contribution < 1.29 is 38.5 Å². The van der Waals surface area contributed by atoms with Crippen LogP contribution >= 0.6 is 23.1 Å². The van der Waals surface area contributed by atoms with E-state index in [1.807, 2.05) is 6.92 Å². The molecule has 1 aliphatic carbocycles. The molecule has 3 aliphatic rings. The maximum absolute atomic E-state index is 13.3. The number of carbonyl (C=O) groups excluding carboxylic acids is 4. The first kappa shape index (κ1) is 30.1. The molecule has 2 fully saturated rings. The third-order valence-electron chi connectivity index (χ3n) is 7.27. The van der Waals surface area contributed by atoms with Crippen molar-refractivity contribution >= 4 is 53.1 Å². The number of fused-ring (bicyclic) bond motifs is 1. The van der Waals surface area contributed by atoms with Crippen LogP contribution in [0.25, 0.3) is 6.08 Å². The number of aromatic nitrogens is 1. The molecular formula is C27H35N3O8S2. The van der Waals surface area contributed by atoms with Gasteiger partial charge >= 0.3 is 12.1 Å².